The summed E-state index contributed by atoms with van der Waals surface area (Å²) in [4.78, 5) is 0. The Bertz CT molecular complexity index is 322. The van der Waals surface area contributed by atoms with Crippen LogP contribution in [0.4, 0.5) is 0 Å². The molecule has 1 aromatic rings. The molecule has 1 rings (SSSR count). The third-order valence-electron chi connectivity index (χ3n) is 2.89. The lowest BCUT2D eigenvalue weighted by molar-refractivity contribution is 0.254. The Morgan fingerprint density at radius 3 is 2.53 bits per heavy atom. The summed E-state index contributed by atoms with van der Waals surface area (Å²) in [5.74, 6) is 1.63. The summed E-state index contributed by atoms with van der Waals surface area (Å²) in [7, 11) is 0. The first-order valence-corrected chi connectivity index (χ1v) is 6.57. The molecule has 0 fully saturated rings. The summed E-state index contributed by atoms with van der Waals surface area (Å²) in [6.07, 6.45) is 1.16. The average molecular weight is 235 g/mol. The van der Waals surface area contributed by atoms with Crippen LogP contribution in [0.3, 0.4) is 0 Å². The summed E-state index contributed by atoms with van der Waals surface area (Å²) in [5.41, 5.74) is 1.24. The molecular formula is C15H25NO. The van der Waals surface area contributed by atoms with Crippen molar-refractivity contribution in [2.24, 2.45) is 5.92 Å². The fraction of sp³-hybridized carbons (Fsp3) is 0.600. The predicted molar refractivity (Wildman–Crippen MR) is 73.4 cm³/mol. The van der Waals surface area contributed by atoms with Crippen LogP contribution < -0.4 is 10.1 Å². The van der Waals surface area contributed by atoms with Gasteiger partial charge in [0.15, 0.2) is 0 Å². The second kappa shape index (κ2) is 7.33. The van der Waals surface area contributed by atoms with Gasteiger partial charge in [-0.3, -0.25) is 0 Å². The highest BCUT2D eigenvalue weighted by molar-refractivity contribution is 5.33. The average Bonchev–Trinajstić information content (AvgIpc) is 2.34. The van der Waals surface area contributed by atoms with Gasteiger partial charge in [-0.15, -0.1) is 0 Å². The van der Waals surface area contributed by atoms with Gasteiger partial charge >= 0.3 is 0 Å². The third kappa shape index (κ3) is 5.22. The SMILES string of the molecule is CCC(C)COc1ccccc1CNC(C)C. The maximum Gasteiger partial charge on any atom is 0.123 e. The van der Waals surface area contributed by atoms with E-state index >= 15 is 0 Å². The lowest BCUT2D eigenvalue weighted by Crippen LogP contribution is -2.22. The van der Waals surface area contributed by atoms with E-state index in [4.69, 9.17) is 4.74 Å². The molecule has 2 nitrogen and oxygen atoms in total. The molecule has 0 aliphatic heterocycles. The van der Waals surface area contributed by atoms with Crippen molar-refractivity contribution >= 4 is 0 Å². The Balaban J connectivity index is 2.57. The van der Waals surface area contributed by atoms with E-state index in [0.717, 1.165) is 25.3 Å². The van der Waals surface area contributed by atoms with Gasteiger partial charge in [0.05, 0.1) is 6.61 Å². The van der Waals surface area contributed by atoms with Crippen LogP contribution in [-0.4, -0.2) is 12.6 Å². The van der Waals surface area contributed by atoms with Crippen LogP contribution in [0, 0.1) is 5.92 Å². The van der Waals surface area contributed by atoms with Crippen molar-refractivity contribution in [3.63, 3.8) is 0 Å². The van der Waals surface area contributed by atoms with Gasteiger partial charge in [0.25, 0.3) is 0 Å². The third-order valence-corrected chi connectivity index (χ3v) is 2.89. The Morgan fingerprint density at radius 2 is 1.88 bits per heavy atom. The standard InChI is InChI=1S/C15H25NO/c1-5-13(4)11-17-15-9-7-6-8-14(15)10-16-12(2)3/h6-9,12-13,16H,5,10-11H2,1-4H3. The van der Waals surface area contributed by atoms with Crippen LogP contribution >= 0.6 is 0 Å². The van der Waals surface area contributed by atoms with Gasteiger partial charge in [0.2, 0.25) is 0 Å². The minimum absolute atomic E-state index is 0.498. The Labute approximate surface area is 105 Å². The minimum Gasteiger partial charge on any atom is -0.493 e. The second-order valence-electron chi connectivity index (χ2n) is 4.97. The van der Waals surface area contributed by atoms with Crippen molar-refractivity contribution in [2.45, 2.75) is 46.7 Å². The predicted octanol–water partition coefficient (Wildman–Crippen LogP) is 3.61. The number of para-hydroxylation sites is 1. The Morgan fingerprint density at radius 1 is 1.18 bits per heavy atom. The Hall–Kier alpha value is -1.02. The van der Waals surface area contributed by atoms with Gasteiger partial charge in [0.1, 0.15) is 5.75 Å². The van der Waals surface area contributed by atoms with Crippen LogP contribution in [-0.2, 0) is 6.54 Å². The largest absolute Gasteiger partial charge is 0.493 e. The van der Waals surface area contributed by atoms with Gasteiger partial charge < -0.3 is 10.1 Å². The van der Waals surface area contributed by atoms with Crippen LogP contribution in [0.1, 0.15) is 39.7 Å². The first-order valence-electron chi connectivity index (χ1n) is 6.57. The van der Waals surface area contributed by atoms with Crippen molar-refractivity contribution in [3.8, 4) is 5.75 Å². The van der Waals surface area contributed by atoms with Crippen LogP contribution in [0.25, 0.3) is 0 Å². The molecular weight excluding hydrogens is 210 g/mol. The van der Waals surface area contributed by atoms with E-state index in [1.165, 1.54) is 5.56 Å². The number of benzene rings is 1. The highest BCUT2D eigenvalue weighted by atomic mass is 16.5. The van der Waals surface area contributed by atoms with E-state index in [1.54, 1.807) is 0 Å². The minimum atomic E-state index is 0.498. The fourth-order valence-electron chi connectivity index (χ4n) is 1.45. The molecule has 0 radical (unpaired) electrons. The molecule has 17 heavy (non-hydrogen) atoms. The molecule has 0 bridgehead atoms. The smallest absolute Gasteiger partial charge is 0.123 e. The monoisotopic (exact) mass is 235 g/mol. The maximum atomic E-state index is 5.88. The molecule has 1 unspecified atom stereocenters. The first-order chi connectivity index (χ1) is 8.13. The quantitative estimate of drug-likeness (QED) is 0.779. The molecule has 2 heteroatoms. The molecule has 0 aromatic heterocycles. The molecule has 0 aliphatic rings. The van der Waals surface area contributed by atoms with Crippen molar-refractivity contribution in [2.75, 3.05) is 6.61 Å². The molecule has 0 heterocycles. The van der Waals surface area contributed by atoms with E-state index in [2.05, 4.69) is 51.2 Å². The lowest BCUT2D eigenvalue weighted by Gasteiger charge is -2.15. The first kappa shape index (κ1) is 14.0. The zero-order valence-corrected chi connectivity index (χ0v) is 11.5. The lowest BCUT2D eigenvalue weighted by atomic mass is 10.1. The van der Waals surface area contributed by atoms with Gasteiger partial charge in [0, 0.05) is 18.2 Å². The van der Waals surface area contributed by atoms with Gasteiger partial charge in [-0.05, 0) is 12.0 Å². The summed E-state index contributed by atoms with van der Waals surface area (Å²) in [5, 5.41) is 3.42. The summed E-state index contributed by atoms with van der Waals surface area (Å²) in [6, 6.07) is 8.77. The summed E-state index contributed by atoms with van der Waals surface area (Å²) < 4.78 is 5.88. The van der Waals surface area contributed by atoms with E-state index in [9.17, 15) is 0 Å². The van der Waals surface area contributed by atoms with Crippen LogP contribution in [0.15, 0.2) is 24.3 Å². The van der Waals surface area contributed by atoms with E-state index in [1.807, 2.05) is 6.07 Å². The van der Waals surface area contributed by atoms with Gasteiger partial charge in [-0.1, -0.05) is 52.3 Å². The molecule has 0 amide bonds. The summed E-state index contributed by atoms with van der Waals surface area (Å²) in [6.45, 7) is 10.4. The molecule has 1 aromatic carbocycles. The second-order valence-corrected chi connectivity index (χ2v) is 4.97. The highest BCUT2D eigenvalue weighted by Gasteiger charge is 2.05. The van der Waals surface area contributed by atoms with Crippen LogP contribution in [0.5, 0.6) is 5.75 Å². The van der Waals surface area contributed by atoms with E-state index in [0.29, 0.717) is 12.0 Å². The Kier molecular flexibility index (Phi) is 6.06. The van der Waals surface area contributed by atoms with Gasteiger partial charge in [-0.25, -0.2) is 0 Å². The number of hydrogen-bond acceptors (Lipinski definition) is 2. The van der Waals surface area contributed by atoms with Gasteiger partial charge in [-0.2, -0.15) is 0 Å². The molecule has 0 saturated heterocycles. The molecule has 0 aliphatic carbocycles. The molecule has 0 saturated carbocycles. The zero-order valence-electron chi connectivity index (χ0n) is 11.5. The van der Waals surface area contributed by atoms with Crippen molar-refractivity contribution < 1.29 is 4.74 Å². The number of rotatable bonds is 7. The topological polar surface area (TPSA) is 21.3 Å². The van der Waals surface area contributed by atoms with E-state index < -0.39 is 0 Å². The van der Waals surface area contributed by atoms with E-state index in [-0.39, 0.29) is 0 Å². The number of ether oxygens (including phenoxy) is 1. The maximum absolute atomic E-state index is 5.88. The molecule has 96 valence electrons. The number of hydrogen-bond donors (Lipinski definition) is 1. The molecule has 1 atom stereocenters. The van der Waals surface area contributed by atoms with Crippen molar-refractivity contribution in [1.29, 1.82) is 0 Å². The summed E-state index contributed by atoms with van der Waals surface area (Å²) >= 11 is 0. The fourth-order valence-corrected chi connectivity index (χ4v) is 1.45. The zero-order chi connectivity index (χ0) is 12.7. The number of nitrogens with one attached hydrogen (secondary N) is 1. The highest BCUT2D eigenvalue weighted by Crippen LogP contribution is 2.19. The normalized spacial score (nSPS) is 12.8. The van der Waals surface area contributed by atoms with Crippen molar-refractivity contribution in [3.05, 3.63) is 29.8 Å². The molecule has 0 spiro atoms. The van der Waals surface area contributed by atoms with Crippen molar-refractivity contribution in [1.82, 2.24) is 5.32 Å². The molecule has 1 N–H and O–H groups in total. The van der Waals surface area contributed by atoms with Crippen LogP contribution in [0.2, 0.25) is 0 Å².